The van der Waals surface area contributed by atoms with E-state index in [2.05, 4.69) is 15.5 Å². The summed E-state index contributed by atoms with van der Waals surface area (Å²) in [5.74, 6) is -0.727. The molecule has 1 aromatic carbocycles. The van der Waals surface area contributed by atoms with Crippen LogP contribution in [0.1, 0.15) is 24.0 Å². The average molecular weight is 361 g/mol. The molecular weight excluding hydrogens is 342 g/mol. The molecule has 7 nitrogen and oxygen atoms in total. The number of phenols is 1. The first-order valence-corrected chi connectivity index (χ1v) is 8.39. The van der Waals surface area contributed by atoms with E-state index in [-0.39, 0.29) is 16.4 Å². The number of hydrogen-bond acceptors (Lipinski definition) is 6. The van der Waals surface area contributed by atoms with Gasteiger partial charge in [-0.15, -0.1) is 0 Å². The molecule has 2 aliphatic heterocycles. The molecule has 2 saturated heterocycles. The third-order valence-corrected chi connectivity index (χ3v) is 4.45. The smallest absolute Gasteiger partial charge is 0.263 e. The quantitative estimate of drug-likeness (QED) is 0.420. The topological polar surface area (TPSA) is 90.9 Å². The van der Waals surface area contributed by atoms with Crippen molar-refractivity contribution in [2.24, 2.45) is 0 Å². The van der Waals surface area contributed by atoms with E-state index < -0.39 is 11.8 Å². The fraction of sp³-hybridized carbons (Fsp3) is 0.353. The molecule has 0 radical (unpaired) electrons. The average Bonchev–Trinajstić information content (AvgIpc) is 3.06. The minimum Gasteiger partial charge on any atom is -0.504 e. The van der Waals surface area contributed by atoms with Crippen LogP contribution >= 0.6 is 12.2 Å². The maximum absolute atomic E-state index is 12.0. The van der Waals surface area contributed by atoms with Crippen LogP contribution in [-0.2, 0) is 16.1 Å². The van der Waals surface area contributed by atoms with Crippen molar-refractivity contribution in [3.05, 3.63) is 28.8 Å². The second kappa shape index (κ2) is 7.20. The minimum absolute atomic E-state index is 0.00911. The molecule has 1 aromatic rings. The third kappa shape index (κ3) is 3.80. The summed E-state index contributed by atoms with van der Waals surface area (Å²) in [5, 5.41) is 15.2. The van der Waals surface area contributed by atoms with Gasteiger partial charge in [0.05, 0.1) is 7.11 Å². The molecule has 0 unspecified atom stereocenters. The van der Waals surface area contributed by atoms with Gasteiger partial charge in [-0.05, 0) is 61.9 Å². The number of carbonyl (C=O) groups excluding carboxylic acids is 2. The molecule has 2 aliphatic rings. The van der Waals surface area contributed by atoms with Crippen LogP contribution in [0.2, 0.25) is 0 Å². The standard InChI is InChI=1S/C17H19N3O4S/c1-24-13-8-10(7-12-15(22)18-17(25)19-16(12)23)6-11(14(13)21)9-20-4-2-3-5-20/h6-8,21H,2-5,9H2,1H3,(H2,18,19,22,23,25). The van der Waals surface area contributed by atoms with E-state index >= 15 is 0 Å². The fourth-order valence-corrected chi connectivity index (χ4v) is 3.19. The fourth-order valence-electron chi connectivity index (χ4n) is 3.00. The van der Waals surface area contributed by atoms with Crippen LogP contribution in [0, 0.1) is 0 Å². The van der Waals surface area contributed by atoms with E-state index in [9.17, 15) is 14.7 Å². The maximum atomic E-state index is 12.0. The lowest BCUT2D eigenvalue weighted by Crippen LogP contribution is -2.51. The number of likely N-dealkylation sites (tertiary alicyclic amines) is 1. The van der Waals surface area contributed by atoms with Gasteiger partial charge in [0.2, 0.25) is 0 Å². The number of carbonyl (C=O) groups is 2. The summed E-state index contributed by atoms with van der Waals surface area (Å²) >= 11 is 4.79. The van der Waals surface area contributed by atoms with Crippen LogP contribution in [0.25, 0.3) is 6.08 Å². The van der Waals surface area contributed by atoms with Gasteiger partial charge in [-0.25, -0.2) is 0 Å². The monoisotopic (exact) mass is 361 g/mol. The van der Waals surface area contributed by atoms with Crippen molar-refractivity contribution >= 4 is 35.2 Å². The van der Waals surface area contributed by atoms with E-state index in [0.717, 1.165) is 25.9 Å². The molecule has 0 spiro atoms. The molecule has 3 N–H and O–H groups in total. The second-order valence-corrected chi connectivity index (χ2v) is 6.42. The minimum atomic E-state index is -0.554. The van der Waals surface area contributed by atoms with Gasteiger partial charge in [0.1, 0.15) is 5.57 Å². The molecule has 0 aliphatic carbocycles. The zero-order valence-electron chi connectivity index (χ0n) is 13.8. The van der Waals surface area contributed by atoms with Crippen LogP contribution in [0.4, 0.5) is 0 Å². The second-order valence-electron chi connectivity index (χ2n) is 6.01. The van der Waals surface area contributed by atoms with Crippen LogP contribution in [0.3, 0.4) is 0 Å². The Morgan fingerprint density at radius 2 is 1.88 bits per heavy atom. The molecule has 2 amide bonds. The first-order chi connectivity index (χ1) is 12.0. The first-order valence-electron chi connectivity index (χ1n) is 7.98. The lowest BCUT2D eigenvalue weighted by Gasteiger charge is -2.18. The SMILES string of the molecule is COc1cc(C=C2C(=O)NC(=S)NC2=O)cc(CN2CCCC2)c1O. The number of phenolic OH excluding ortho intramolecular Hbond substituents is 1. The highest BCUT2D eigenvalue weighted by Crippen LogP contribution is 2.33. The number of rotatable bonds is 4. The van der Waals surface area contributed by atoms with Gasteiger partial charge in [0, 0.05) is 12.1 Å². The van der Waals surface area contributed by atoms with Crippen LogP contribution in [-0.4, -0.2) is 47.1 Å². The summed E-state index contributed by atoms with van der Waals surface area (Å²) in [7, 11) is 1.46. The number of thiocarbonyl (C=S) groups is 1. The Labute approximate surface area is 150 Å². The summed E-state index contributed by atoms with van der Waals surface area (Å²) in [4.78, 5) is 26.2. The van der Waals surface area contributed by atoms with Crippen molar-refractivity contribution in [1.82, 2.24) is 15.5 Å². The zero-order valence-corrected chi connectivity index (χ0v) is 14.6. The van der Waals surface area contributed by atoms with Gasteiger partial charge in [-0.1, -0.05) is 0 Å². The lowest BCUT2D eigenvalue weighted by molar-refractivity contribution is -0.123. The number of hydrogen-bond donors (Lipinski definition) is 3. The van der Waals surface area contributed by atoms with Gasteiger partial charge in [-0.3, -0.25) is 25.1 Å². The molecule has 2 heterocycles. The van der Waals surface area contributed by atoms with E-state index in [0.29, 0.717) is 23.4 Å². The number of aromatic hydroxyl groups is 1. The molecule has 0 atom stereocenters. The highest BCUT2D eigenvalue weighted by Gasteiger charge is 2.26. The summed E-state index contributed by atoms with van der Waals surface area (Å²) in [5.41, 5.74) is 1.24. The summed E-state index contributed by atoms with van der Waals surface area (Å²) in [6.07, 6.45) is 3.74. The van der Waals surface area contributed by atoms with Crippen molar-refractivity contribution in [2.75, 3.05) is 20.2 Å². The maximum Gasteiger partial charge on any atom is 0.263 e. The molecule has 3 rings (SSSR count). The van der Waals surface area contributed by atoms with Gasteiger partial charge < -0.3 is 9.84 Å². The van der Waals surface area contributed by atoms with E-state index in [1.54, 1.807) is 12.1 Å². The largest absolute Gasteiger partial charge is 0.504 e. The van der Waals surface area contributed by atoms with Crippen molar-refractivity contribution in [3.8, 4) is 11.5 Å². The molecule has 8 heteroatoms. The molecule has 2 fully saturated rings. The third-order valence-electron chi connectivity index (χ3n) is 4.24. The molecule has 25 heavy (non-hydrogen) atoms. The Bertz CT molecular complexity index is 747. The lowest BCUT2D eigenvalue weighted by atomic mass is 10.0. The summed E-state index contributed by atoms with van der Waals surface area (Å²) in [6.45, 7) is 2.55. The summed E-state index contributed by atoms with van der Waals surface area (Å²) < 4.78 is 5.23. The van der Waals surface area contributed by atoms with Gasteiger partial charge in [0.15, 0.2) is 16.6 Å². The Morgan fingerprint density at radius 1 is 1.24 bits per heavy atom. The molecular formula is C17H19N3O4S. The van der Waals surface area contributed by atoms with Crippen molar-refractivity contribution in [2.45, 2.75) is 19.4 Å². The predicted molar refractivity (Wildman–Crippen MR) is 96.0 cm³/mol. The van der Waals surface area contributed by atoms with Crippen molar-refractivity contribution < 1.29 is 19.4 Å². The van der Waals surface area contributed by atoms with Crippen molar-refractivity contribution in [3.63, 3.8) is 0 Å². The van der Waals surface area contributed by atoms with Gasteiger partial charge in [-0.2, -0.15) is 0 Å². The van der Waals surface area contributed by atoms with Crippen LogP contribution < -0.4 is 15.4 Å². The predicted octanol–water partition coefficient (Wildman–Crippen LogP) is 0.911. The number of amides is 2. The van der Waals surface area contributed by atoms with Crippen molar-refractivity contribution in [1.29, 1.82) is 0 Å². The Morgan fingerprint density at radius 3 is 2.48 bits per heavy atom. The van der Waals surface area contributed by atoms with Gasteiger partial charge >= 0.3 is 0 Å². The van der Waals surface area contributed by atoms with Gasteiger partial charge in [0.25, 0.3) is 11.8 Å². The zero-order chi connectivity index (χ0) is 18.0. The highest BCUT2D eigenvalue weighted by atomic mass is 32.1. The number of ether oxygens (including phenoxy) is 1. The van der Waals surface area contributed by atoms with Crippen LogP contribution in [0.5, 0.6) is 11.5 Å². The molecule has 132 valence electrons. The van der Waals surface area contributed by atoms with E-state index in [1.807, 2.05) is 0 Å². The van der Waals surface area contributed by atoms with Crippen LogP contribution in [0.15, 0.2) is 17.7 Å². The molecule has 0 aromatic heterocycles. The number of methoxy groups -OCH3 is 1. The normalized spacial score (nSPS) is 18.1. The summed E-state index contributed by atoms with van der Waals surface area (Å²) in [6, 6.07) is 3.35. The number of nitrogens with one attached hydrogen (secondary N) is 2. The Balaban J connectivity index is 1.95. The molecule has 0 saturated carbocycles. The first kappa shape index (κ1) is 17.4. The number of nitrogens with zero attached hydrogens (tertiary/aromatic N) is 1. The Hall–Kier alpha value is -2.45. The Kier molecular flexibility index (Phi) is 5.00. The highest BCUT2D eigenvalue weighted by molar-refractivity contribution is 7.80. The van der Waals surface area contributed by atoms with E-state index in [1.165, 1.54) is 13.2 Å². The number of benzene rings is 1. The van der Waals surface area contributed by atoms with E-state index in [4.69, 9.17) is 17.0 Å². The molecule has 0 bridgehead atoms.